The monoisotopic (exact) mass is 298 g/mol. The molecule has 0 amide bonds. The van der Waals surface area contributed by atoms with Crippen LogP contribution in [0.25, 0.3) is 0 Å². The molecule has 0 fully saturated rings. The first-order valence-electron chi connectivity index (χ1n) is 5.33. The van der Waals surface area contributed by atoms with Crippen LogP contribution in [0.5, 0.6) is 0 Å². The Hall–Kier alpha value is -0.440. The van der Waals surface area contributed by atoms with Gasteiger partial charge in [0.2, 0.25) is 9.87 Å². The van der Waals surface area contributed by atoms with Gasteiger partial charge in [0.15, 0.2) is 0 Å². The van der Waals surface area contributed by atoms with Gasteiger partial charge in [-0.3, -0.25) is 0 Å². The normalized spacial score (nSPS) is 17.4. The summed E-state index contributed by atoms with van der Waals surface area (Å²) in [6.45, 7) is 5.94. The Morgan fingerprint density at radius 1 is 0.944 bits per heavy atom. The number of hydrogen-bond donors (Lipinski definition) is 2. The van der Waals surface area contributed by atoms with Crippen LogP contribution in [0.4, 0.5) is 0 Å². The molecule has 2 unspecified atom stereocenters. The van der Waals surface area contributed by atoms with Gasteiger partial charge in [0, 0.05) is 0 Å². The van der Waals surface area contributed by atoms with Crippen LogP contribution in [-0.2, 0) is 19.1 Å². The second-order valence-corrected chi connectivity index (χ2v) is 6.50. The third-order valence-electron chi connectivity index (χ3n) is 1.67. The summed E-state index contributed by atoms with van der Waals surface area (Å²) in [4.78, 5) is 19.0. The van der Waals surface area contributed by atoms with Gasteiger partial charge in [0.25, 0.3) is 0 Å². The van der Waals surface area contributed by atoms with Gasteiger partial charge < -0.3 is 19.7 Å². The Balaban J connectivity index is 4.46. The van der Waals surface area contributed by atoms with Crippen molar-refractivity contribution in [2.75, 3.05) is 13.2 Å². The average molecular weight is 298 g/mol. The van der Waals surface area contributed by atoms with E-state index in [0.717, 1.165) is 0 Å². The number of aliphatic hydroxyl groups is 2. The molecule has 0 saturated heterocycles. The highest BCUT2D eigenvalue weighted by Gasteiger charge is 2.40. The standard InChI is InChI=1S/C10H18O6S2/c1-5-15-7(11)9(3,13)17-18-10(4,14)8(12)16-6-2/h13-14H,5-6H2,1-4H3. The van der Waals surface area contributed by atoms with E-state index in [1.165, 1.54) is 13.8 Å². The van der Waals surface area contributed by atoms with Crippen molar-refractivity contribution in [1.82, 2.24) is 0 Å². The van der Waals surface area contributed by atoms with Crippen LogP contribution in [0.15, 0.2) is 0 Å². The van der Waals surface area contributed by atoms with Gasteiger partial charge in [0.05, 0.1) is 13.2 Å². The van der Waals surface area contributed by atoms with Crippen LogP contribution in [0, 0.1) is 0 Å². The summed E-state index contributed by atoms with van der Waals surface area (Å²) < 4.78 is 9.32. The van der Waals surface area contributed by atoms with Gasteiger partial charge in [-0.05, 0) is 49.3 Å². The molecular weight excluding hydrogens is 280 g/mol. The zero-order valence-corrected chi connectivity index (χ0v) is 12.4. The zero-order chi connectivity index (χ0) is 14.4. The van der Waals surface area contributed by atoms with Crippen molar-refractivity contribution in [2.45, 2.75) is 37.6 Å². The Morgan fingerprint density at radius 3 is 1.44 bits per heavy atom. The molecule has 18 heavy (non-hydrogen) atoms. The number of esters is 2. The highest BCUT2D eigenvalue weighted by Crippen LogP contribution is 2.42. The third-order valence-corrected chi connectivity index (χ3v) is 4.94. The molecule has 106 valence electrons. The lowest BCUT2D eigenvalue weighted by molar-refractivity contribution is -0.155. The van der Waals surface area contributed by atoms with E-state index < -0.39 is 21.8 Å². The largest absolute Gasteiger partial charge is 0.463 e. The first-order chi connectivity index (χ1) is 8.17. The molecule has 0 radical (unpaired) electrons. The molecule has 0 aliphatic rings. The van der Waals surface area contributed by atoms with Gasteiger partial charge in [0.1, 0.15) is 0 Å². The minimum atomic E-state index is -1.85. The van der Waals surface area contributed by atoms with E-state index in [4.69, 9.17) is 0 Å². The van der Waals surface area contributed by atoms with Crippen molar-refractivity contribution < 1.29 is 29.3 Å². The molecule has 0 aromatic carbocycles. The minimum Gasteiger partial charge on any atom is -0.463 e. The molecule has 0 heterocycles. The maximum atomic E-state index is 11.4. The third kappa shape index (κ3) is 5.47. The van der Waals surface area contributed by atoms with E-state index in [1.807, 2.05) is 0 Å². The number of carbonyl (C=O) groups excluding carboxylic acids is 2. The Morgan fingerprint density at radius 2 is 1.22 bits per heavy atom. The Bertz CT molecular complexity index is 273. The molecule has 0 aliphatic heterocycles. The SMILES string of the molecule is CCOC(=O)C(C)(O)SSC(C)(O)C(=O)OCC. The molecule has 2 atom stereocenters. The van der Waals surface area contributed by atoms with Gasteiger partial charge in [-0.2, -0.15) is 0 Å². The fourth-order valence-corrected chi connectivity index (χ4v) is 2.72. The van der Waals surface area contributed by atoms with E-state index in [0.29, 0.717) is 21.6 Å². The van der Waals surface area contributed by atoms with E-state index in [2.05, 4.69) is 9.47 Å². The van der Waals surface area contributed by atoms with Crippen LogP contribution in [0.2, 0.25) is 0 Å². The van der Waals surface area contributed by atoms with Gasteiger partial charge in [-0.15, -0.1) is 0 Å². The maximum Gasteiger partial charge on any atom is 0.349 e. The van der Waals surface area contributed by atoms with Crippen molar-refractivity contribution in [3.63, 3.8) is 0 Å². The summed E-state index contributed by atoms with van der Waals surface area (Å²) in [5.74, 6) is -1.66. The van der Waals surface area contributed by atoms with Gasteiger partial charge in [-0.1, -0.05) is 0 Å². The summed E-state index contributed by atoms with van der Waals surface area (Å²) in [7, 11) is 1.27. The molecule has 8 heteroatoms. The van der Waals surface area contributed by atoms with Crippen LogP contribution in [0.1, 0.15) is 27.7 Å². The molecular formula is C10H18O6S2. The van der Waals surface area contributed by atoms with Crippen molar-refractivity contribution in [3.8, 4) is 0 Å². The lowest BCUT2D eigenvalue weighted by Crippen LogP contribution is -2.36. The second kappa shape index (κ2) is 7.22. The summed E-state index contributed by atoms with van der Waals surface area (Å²) >= 11 is 0. The van der Waals surface area contributed by atoms with E-state index in [1.54, 1.807) is 13.8 Å². The highest BCUT2D eigenvalue weighted by atomic mass is 33.1. The smallest absolute Gasteiger partial charge is 0.349 e. The number of rotatable bonds is 7. The lowest BCUT2D eigenvalue weighted by atomic mass is 10.4. The van der Waals surface area contributed by atoms with Gasteiger partial charge >= 0.3 is 11.9 Å². The fourth-order valence-electron chi connectivity index (χ4n) is 0.760. The van der Waals surface area contributed by atoms with Crippen LogP contribution in [0.3, 0.4) is 0 Å². The molecule has 0 aromatic heterocycles. The predicted molar refractivity (Wildman–Crippen MR) is 69.7 cm³/mol. The second-order valence-electron chi connectivity index (χ2n) is 3.57. The van der Waals surface area contributed by atoms with E-state index >= 15 is 0 Å². The highest BCUT2D eigenvalue weighted by molar-refractivity contribution is 8.77. The van der Waals surface area contributed by atoms with Crippen molar-refractivity contribution in [1.29, 1.82) is 0 Å². The first-order valence-corrected chi connectivity index (χ1v) is 7.48. The topological polar surface area (TPSA) is 93.1 Å². The maximum absolute atomic E-state index is 11.4. The molecule has 0 bridgehead atoms. The molecule has 6 nitrogen and oxygen atoms in total. The number of hydrogen-bond acceptors (Lipinski definition) is 8. The summed E-state index contributed by atoms with van der Waals surface area (Å²) in [5, 5.41) is 19.6. The summed E-state index contributed by atoms with van der Waals surface area (Å²) in [6, 6.07) is 0. The predicted octanol–water partition coefficient (Wildman–Crippen LogP) is 0.911. The van der Waals surface area contributed by atoms with E-state index in [9.17, 15) is 19.8 Å². The van der Waals surface area contributed by atoms with Crippen molar-refractivity contribution >= 4 is 33.5 Å². The number of ether oxygens (including phenoxy) is 2. The van der Waals surface area contributed by atoms with E-state index in [-0.39, 0.29) is 13.2 Å². The molecule has 0 rings (SSSR count). The molecule has 0 aromatic rings. The molecule has 2 N–H and O–H groups in total. The average Bonchev–Trinajstić information content (AvgIpc) is 2.27. The van der Waals surface area contributed by atoms with Gasteiger partial charge in [-0.25, -0.2) is 9.59 Å². The van der Waals surface area contributed by atoms with Crippen LogP contribution >= 0.6 is 21.6 Å². The first kappa shape index (κ1) is 17.6. The Kier molecular flexibility index (Phi) is 7.05. The van der Waals surface area contributed by atoms with Crippen molar-refractivity contribution in [3.05, 3.63) is 0 Å². The molecule has 0 aliphatic carbocycles. The van der Waals surface area contributed by atoms with Crippen LogP contribution in [-0.4, -0.2) is 45.2 Å². The fraction of sp³-hybridized carbons (Fsp3) is 0.800. The molecule has 0 saturated carbocycles. The zero-order valence-electron chi connectivity index (χ0n) is 10.8. The van der Waals surface area contributed by atoms with Crippen molar-refractivity contribution in [2.24, 2.45) is 0 Å². The minimum absolute atomic E-state index is 0.133. The Labute approximate surface area is 114 Å². The lowest BCUT2D eigenvalue weighted by Gasteiger charge is -2.24. The quantitative estimate of drug-likeness (QED) is 0.407. The summed E-state index contributed by atoms with van der Waals surface area (Å²) in [5.41, 5.74) is 0. The summed E-state index contributed by atoms with van der Waals surface area (Å²) in [6.07, 6.45) is 0. The van der Waals surface area contributed by atoms with Crippen LogP contribution < -0.4 is 0 Å². The number of carbonyl (C=O) groups is 2. The molecule has 0 spiro atoms.